The van der Waals surface area contributed by atoms with Crippen molar-refractivity contribution in [2.75, 3.05) is 18.6 Å². The van der Waals surface area contributed by atoms with E-state index in [1.54, 1.807) is 23.9 Å². The summed E-state index contributed by atoms with van der Waals surface area (Å²) in [6.07, 6.45) is 3.07. The zero-order chi connectivity index (χ0) is 10.4. The van der Waals surface area contributed by atoms with Gasteiger partial charge in [-0.25, -0.2) is 4.39 Å². The molecule has 0 aliphatic heterocycles. The van der Waals surface area contributed by atoms with E-state index in [2.05, 4.69) is 22.2 Å². The molecule has 1 aromatic rings. The quantitative estimate of drug-likeness (QED) is 0.760. The maximum Gasteiger partial charge on any atom is 0.137 e. The monoisotopic (exact) mass is 278 g/mol. The molecule has 0 radical (unpaired) electrons. The predicted octanol–water partition coefficient (Wildman–Crippen LogP) is 3.72. The van der Waals surface area contributed by atoms with Gasteiger partial charge in [0.25, 0.3) is 0 Å². The highest BCUT2D eigenvalue weighted by atomic mass is 79.9. The van der Waals surface area contributed by atoms with Gasteiger partial charge in [-0.2, -0.15) is 11.8 Å². The molecule has 0 amide bonds. The zero-order valence-electron chi connectivity index (χ0n) is 7.93. The van der Waals surface area contributed by atoms with E-state index in [1.165, 1.54) is 6.07 Å². The Morgan fingerprint density at radius 1 is 1.50 bits per heavy atom. The van der Waals surface area contributed by atoms with E-state index < -0.39 is 0 Å². The van der Waals surface area contributed by atoms with Crippen LogP contribution in [0, 0.1) is 5.82 Å². The summed E-state index contributed by atoms with van der Waals surface area (Å²) < 4.78 is 18.7. The van der Waals surface area contributed by atoms with Crippen LogP contribution >= 0.6 is 27.7 Å². The van der Waals surface area contributed by atoms with Crippen molar-refractivity contribution < 1.29 is 9.13 Å². The van der Waals surface area contributed by atoms with Crippen molar-refractivity contribution in [2.24, 2.45) is 0 Å². The molecule has 0 aliphatic rings. The Hall–Kier alpha value is -0.220. The van der Waals surface area contributed by atoms with Crippen molar-refractivity contribution in [2.45, 2.75) is 6.42 Å². The highest BCUT2D eigenvalue weighted by Gasteiger charge is 2.00. The van der Waals surface area contributed by atoms with Crippen molar-refractivity contribution in [3.63, 3.8) is 0 Å². The van der Waals surface area contributed by atoms with E-state index in [4.69, 9.17) is 4.74 Å². The van der Waals surface area contributed by atoms with Gasteiger partial charge in [-0.15, -0.1) is 0 Å². The van der Waals surface area contributed by atoms with Crippen molar-refractivity contribution in [3.8, 4) is 5.75 Å². The molecule has 0 spiro atoms. The van der Waals surface area contributed by atoms with Gasteiger partial charge in [0.05, 0.1) is 11.1 Å². The van der Waals surface area contributed by atoms with Gasteiger partial charge < -0.3 is 4.74 Å². The lowest BCUT2D eigenvalue weighted by atomic mass is 10.3. The molecule has 0 heterocycles. The first-order valence-electron chi connectivity index (χ1n) is 4.31. The normalized spacial score (nSPS) is 10.2. The first-order valence-corrected chi connectivity index (χ1v) is 6.49. The fourth-order valence-corrected chi connectivity index (χ4v) is 1.72. The molecule has 4 heteroatoms. The number of hydrogen-bond acceptors (Lipinski definition) is 2. The average Bonchev–Trinajstić information content (AvgIpc) is 2.18. The second-order valence-electron chi connectivity index (χ2n) is 2.77. The second kappa shape index (κ2) is 6.30. The minimum absolute atomic E-state index is 0.263. The minimum atomic E-state index is -0.263. The molecule has 14 heavy (non-hydrogen) atoms. The number of halogens is 2. The lowest BCUT2D eigenvalue weighted by molar-refractivity contribution is 0.318. The Kier molecular flexibility index (Phi) is 5.33. The van der Waals surface area contributed by atoms with Crippen LogP contribution in [0.25, 0.3) is 0 Å². The van der Waals surface area contributed by atoms with E-state index in [0.29, 0.717) is 16.8 Å². The SMILES string of the molecule is CSCCCOc1ccc(F)c(Br)c1. The molecule has 1 nitrogen and oxygen atoms in total. The van der Waals surface area contributed by atoms with Gasteiger partial charge in [0.15, 0.2) is 0 Å². The summed E-state index contributed by atoms with van der Waals surface area (Å²) in [6.45, 7) is 0.679. The van der Waals surface area contributed by atoms with Crippen molar-refractivity contribution >= 4 is 27.7 Å². The lowest BCUT2D eigenvalue weighted by Crippen LogP contribution is -1.98. The van der Waals surface area contributed by atoms with Gasteiger partial charge in [0, 0.05) is 0 Å². The minimum Gasteiger partial charge on any atom is -0.494 e. The van der Waals surface area contributed by atoms with Crippen LogP contribution in [0.3, 0.4) is 0 Å². The molecular formula is C10H12BrFOS. The van der Waals surface area contributed by atoms with Gasteiger partial charge >= 0.3 is 0 Å². The Balaban J connectivity index is 2.39. The maximum atomic E-state index is 12.8. The van der Waals surface area contributed by atoms with Crippen LogP contribution in [0.4, 0.5) is 4.39 Å². The van der Waals surface area contributed by atoms with Crippen LogP contribution in [-0.4, -0.2) is 18.6 Å². The topological polar surface area (TPSA) is 9.23 Å². The number of rotatable bonds is 5. The molecule has 0 atom stereocenters. The molecule has 1 aromatic carbocycles. The summed E-state index contributed by atoms with van der Waals surface area (Å²) in [5.41, 5.74) is 0. The van der Waals surface area contributed by atoms with E-state index in [0.717, 1.165) is 12.2 Å². The van der Waals surface area contributed by atoms with E-state index >= 15 is 0 Å². The predicted molar refractivity (Wildman–Crippen MR) is 62.6 cm³/mol. The summed E-state index contributed by atoms with van der Waals surface area (Å²) in [6, 6.07) is 4.68. The van der Waals surface area contributed by atoms with E-state index in [9.17, 15) is 4.39 Å². The summed E-state index contributed by atoms with van der Waals surface area (Å²) in [7, 11) is 0. The van der Waals surface area contributed by atoms with Crippen LogP contribution in [0.5, 0.6) is 5.75 Å². The van der Waals surface area contributed by atoms with Crippen LogP contribution in [0.1, 0.15) is 6.42 Å². The summed E-state index contributed by atoms with van der Waals surface area (Å²) in [5, 5.41) is 0. The Morgan fingerprint density at radius 2 is 2.29 bits per heavy atom. The van der Waals surface area contributed by atoms with Crippen LogP contribution in [0.15, 0.2) is 22.7 Å². The van der Waals surface area contributed by atoms with E-state index in [-0.39, 0.29) is 5.82 Å². The first-order chi connectivity index (χ1) is 6.74. The standard InChI is InChI=1S/C10H12BrFOS/c1-14-6-2-5-13-8-3-4-10(12)9(11)7-8/h3-4,7H,2,5-6H2,1H3. The molecule has 0 N–H and O–H groups in total. The van der Waals surface area contributed by atoms with Crippen LogP contribution in [-0.2, 0) is 0 Å². The fraction of sp³-hybridized carbons (Fsp3) is 0.400. The Morgan fingerprint density at radius 3 is 2.93 bits per heavy atom. The largest absolute Gasteiger partial charge is 0.494 e. The number of ether oxygens (including phenoxy) is 1. The third-order valence-corrected chi connectivity index (χ3v) is 2.96. The Bertz CT molecular complexity index is 293. The van der Waals surface area contributed by atoms with Crippen molar-refractivity contribution in [1.82, 2.24) is 0 Å². The number of benzene rings is 1. The van der Waals surface area contributed by atoms with E-state index in [1.807, 2.05) is 0 Å². The molecular weight excluding hydrogens is 267 g/mol. The molecule has 0 saturated carbocycles. The lowest BCUT2D eigenvalue weighted by Gasteiger charge is -2.05. The average molecular weight is 279 g/mol. The highest BCUT2D eigenvalue weighted by Crippen LogP contribution is 2.21. The zero-order valence-corrected chi connectivity index (χ0v) is 10.3. The molecule has 0 aromatic heterocycles. The smallest absolute Gasteiger partial charge is 0.137 e. The highest BCUT2D eigenvalue weighted by molar-refractivity contribution is 9.10. The third kappa shape index (κ3) is 3.88. The summed E-state index contributed by atoms with van der Waals surface area (Å²) >= 11 is 4.90. The van der Waals surface area contributed by atoms with Gasteiger partial charge in [-0.3, -0.25) is 0 Å². The van der Waals surface area contributed by atoms with Crippen LogP contribution < -0.4 is 4.74 Å². The summed E-state index contributed by atoms with van der Waals surface area (Å²) in [5.74, 6) is 1.53. The third-order valence-electron chi connectivity index (χ3n) is 1.65. The Labute approximate surface area is 96.2 Å². The molecule has 0 aliphatic carbocycles. The van der Waals surface area contributed by atoms with Crippen LogP contribution in [0.2, 0.25) is 0 Å². The van der Waals surface area contributed by atoms with Crippen molar-refractivity contribution in [1.29, 1.82) is 0 Å². The molecule has 0 unspecified atom stereocenters. The molecule has 0 saturated heterocycles. The van der Waals surface area contributed by atoms with Crippen molar-refractivity contribution in [3.05, 3.63) is 28.5 Å². The molecule has 0 fully saturated rings. The second-order valence-corrected chi connectivity index (χ2v) is 4.61. The number of hydrogen-bond donors (Lipinski definition) is 0. The molecule has 78 valence electrons. The van der Waals surface area contributed by atoms with Gasteiger partial charge in [0.2, 0.25) is 0 Å². The van der Waals surface area contributed by atoms with Gasteiger partial charge in [-0.1, -0.05) is 0 Å². The van der Waals surface area contributed by atoms with Gasteiger partial charge in [-0.05, 0) is 52.6 Å². The molecule has 0 bridgehead atoms. The summed E-state index contributed by atoms with van der Waals surface area (Å²) in [4.78, 5) is 0. The van der Waals surface area contributed by atoms with Gasteiger partial charge in [0.1, 0.15) is 11.6 Å². The molecule has 1 rings (SSSR count). The number of thioether (sulfide) groups is 1. The first kappa shape index (κ1) is 11.9. The maximum absolute atomic E-state index is 12.8. The fourth-order valence-electron chi connectivity index (χ4n) is 0.960.